The first kappa shape index (κ1) is 46.5. The molecule has 4 aromatic rings. The molecular formula is C51H60N6O8. The number of benzene rings is 4. The van der Waals surface area contributed by atoms with Crippen LogP contribution in [0.5, 0.6) is 28.7 Å². The van der Waals surface area contributed by atoms with Gasteiger partial charge in [0.2, 0.25) is 0 Å². The minimum Gasteiger partial charge on any atom is -0.497 e. The van der Waals surface area contributed by atoms with E-state index in [-0.39, 0.29) is 30.1 Å². The third kappa shape index (κ3) is 10.7. The molecule has 4 aromatic carbocycles. The van der Waals surface area contributed by atoms with Gasteiger partial charge in [0, 0.05) is 74.6 Å². The molecule has 3 aliphatic rings. The second-order valence-electron chi connectivity index (χ2n) is 17.5. The molecule has 0 saturated heterocycles. The van der Waals surface area contributed by atoms with E-state index >= 15 is 0 Å². The predicted molar refractivity (Wildman–Crippen MR) is 254 cm³/mol. The Balaban J connectivity index is 0.944. The van der Waals surface area contributed by atoms with Crippen LogP contribution in [0.25, 0.3) is 11.1 Å². The molecule has 0 aromatic heterocycles. The first-order valence-electron chi connectivity index (χ1n) is 21.8. The summed E-state index contributed by atoms with van der Waals surface area (Å²) in [7, 11) is 6.73. The van der Waals surface area contributed by atoms with Crippen molar-refractivity contribution in [2.75, 3.05) is 48.2 Å². The molecule has 65 heavy (non-hydrogen) atoms. The Morgan fingerprint density at radius 1 is 0.815 bits per heavy atom. The smallest absolute Gasteiger partial charge is 0.260 e. The maximum absolute atomic E-state index is 13.8. The van der Waals surface area contributed by atoms with Crippen molar-refractivity contribution in [3.63, 3.8) is 0 Å². The highest BCUT2D eigenvalue weighted by molar-refractivity contribution is 6.05. The molecule has 0 fully saturated rings. The van der Waals surface area contributed by atoms with Crippen LogP contribution in [0.4, 0.5) is 11.4 Å². The lowest BCUT2D eigenvalue weighted by Crippen LogP contribution is -2.45. The highest BCUT2D eigenvalue weighted by atomic mass is 16.5. The molecule has 0 saturated carbocycles. The number of ether oxygens (including phenoxy) is 6. The molecule has 14 nitrogen and oxygen atoms in total. The number of aliphatic imine (C=N–C) groups is 2. The fourth-order valence-electron chi connectivity index (χ4n) is 7.93. The third-order valence-corrected chi connectivity index (χ3v) is 12.1. The topological polar surface area (TPSA) is 159 Å². The van der Waals surface area contributed by atoms with E-state index in [2.05, 4.69) is 54.6 Å². The fourth-order valence-corrected chi connectivity index (χ4v) is 7.93. The maximum Gasteiger partial charge on any atom is 0.260 e. The van der Waals surface area contributed by atoms with Crippen LogP contribution in [0.2, 0.25) is 0 Å². The number of nitrogens with one attached hydrogen (secondary N) is 1. The summed E-state index contributed by atoms with van der Waals surface area (Å²) in [6.07, 6.45) is 11.2. The second-order valence-corrected chi connectivity index (χ2v) is 17.5. The number of hydrogen-bond acceptors (Lipinski definition) is 13. The van der Waals surface area contributed by atoms with E-state index < -0.39 is 5.60 Å². The Morgan fingerprint density at radius 2 is 1.46 bits per heavy atom. The van der Waals surface area contributed by atoms with Crippen molar-refractivity contribution in [3.8, 4) is 28.7 Å². The van der Waals surface area contributed by atoms with Crippen molar-refractivity contribution >= 4 is 47.1 Å². The number of nitrogens with two attached hydrogens (primary N) is 1. The summed E-state index contributed by atoms with van der Waals surface area (Å²) in [5, 5.41) is 0. The minimum absolute atomic E-state index is 0.0206. The number of aldehydes is 1. The number of carbonyl (C=O) groups is 2. The number of nitrogens with zero attached hydrogens (tertiary/aromatic N) is 4. The highest BCUT2D eigenvalue weighted by Crippen LogP contribution is 2.41. The van der Waals surface area contributed by atoms with Gasteiger partial charge in [-0.05, 0) is 92.6 Å². The Bertz CT molecular complexity index is 2480. The Labute approximate surface area is 381 Å². The Morgan fingerprint density at radius 3 is 2.11 bits per heavy atom. The summed E-state index contributed by atoms with van der Waals surface area (Å²) < 4.78 is 35.2. The van der Waals surface area contributed by atoms with Crippen molar-refractivity contribution in [3.05, 3.63) is 113 Å². The quantitative estimate of drug-likeness (QED) is 0.0288. The van der Waals surface area contributed by atoms with Crippen LogP contribution in [0, 0.1) is 0 Å². The van der Waals surface area contributed by atoms with Crippen LogP contribution in [-0.4, -0.2) is 100 Å². The monoisotopic (exact) mass is 884 g/mol. The van der Waals surface area contributed by atoms with Gasteiger partial charge in [0.05, 0.1) is 69.2 Å². The molecule has 3 aliphatic heterocycles. The number of amides is 1. The normalized spacial score (nSPS) is 17.1. The van der Waals surface area contributed by atoms with Gasteiger partial charge in [0.25, 0.3) is 5.91 Å². The summed E-state index contributed by atoms with van der Waals surface area (Å²) >= 11 is 0. The predicted octanol–water partition coefficient (Wildman–Crippen LogP) is 8.68. The Hall–Kier alpha value is -6.48. The summed E-state index contributed by atoms with van der Waals surface area (Å²) in [6.45, 7) is 9.40. The summed E-state index contributed by atoms with van der Waals surface area (Å²) in [6, 6.07) is 22.9. The molecule has 2 unspecified atom stereocenters. The number of fused-ring (bicyclic) bond motifs is 2. The zero-order valence-electron chi connectivity index (χ0n) is 38.6. The number of hydrogen-bond donors (Lipinski definition) is 2. The van der Waals surface area contributed by atoms with E-state index in [0.29, 0.717) is 71.6 Å². The van der Waals surface area contributed by atoms with E-state index in [1.807, 2.05) is 63.8 Å². The number of hydrazine groups is 1. The third-order valence-electron chi connectivity index (χ3n) is 12.1. The molecule has 0 spiro atoms. The van der Waals surface area contributed by atoms with Gasteiger partial charge in [-0.15, -0.1) is 0 Å². The SMILES string of the molecule is COc1ccc(C2=CN3C(=O)c4cc(OC)c(OCCCOc5cc(N=CC6CC(c7ccc(C(C)(C)OCCC(C)(C)NN)cc7)=CN6C)c(C=O)cc5OC)cc4N=CC3C2)cc1. The van der Waals surface area contributed by atoms with E-state index in [1.54, 1.807) is 43.4 Å². The summed E-state index contributed by atoms with van der Waals surface area (Å²) in [4.78, 5) is 39.4. The molecule has 0 aliphatic carbocycles. The van der Waals surface area contributed by atoms with Crippen molar-refractivity contribution in [1.29, 1.82) is 0 Å². The van der Waals surface area contributed by atoms with Gasteiger partial charge in [0.1, 0.15) is 5.75 Å². The van der Waals surface area contributed by atoms with E-state index in [0.717, 1.165) is 47.1 Å². The molecular weight excluding hydrogens is 825 g/mol. The van der Waals surface area contributed by atoms with Crippen LogP contribution in [0.1, 0.15) is 90.8 Å². The van der Waals surface area contributed by atoms with E-state index in [9.17, 15) is 9.59 Å². The number of rotatable bonds is 20. The maximum atomic E-state index is 13.8. The van der Waals surface area contributed by atoms with Crippen LogP contribution in [0.3, 0.4) is 0 Å². The lowest BCUT2D eigenvalue weighted by Gasteiger charge is -2.29. The van der Waals surface area contributed by atoms with Crippen LogP contribution >= 0.6 is 0 Å². The number of methoxy groups -OCH3 is 3. The molecule has 3 heterocycles. The van der Waals surface area contributed by atoms with Crippen LogP contribution in [0.15, 0.2) is 95.2 Å². The zero-order chi connectivity index (χ0) is 46.3. The molecule has 342 valence electrons. The number of carbonyl (C=O) groups excluding carboxylic acids is 2. The van der Waals surface area contributed by atoms with E-state index in [4.69, 9.17) is 44.2 Å². The molecule has 3 N–H and O–H groups in total. The fraction of sp³-hybridized carbons (Fsp3) is 0.373. The standard InChI is InChI=1S/C51H60N6O8/c1-50(2,55-52)18-21-65-51(3,4)38-14-10-33(11-15-38)35-22-39(56(5)30-35)28-53-43-26-47(45(61-7)24-37(43)32-58)63-19-9-20-64-48-27-44-42(25-46(48)62-8)49(59)57-31-36(23-40(57)29-54-44)34-12-16-41(60-6)17-13-34/h10-17,24-32,39-40,55H,9,18-23,52H2,1-8H3. The van der Waals surface area contributed by atoms with Crippen molar-refractivity contribution in [2.45, 2.75) is 76.6 Å². The van der Waals surface area contributed by atoms with Gasteiger partial charge in [-0.2, -0.15) is 0 Å². The Kier molecular flexibility index (Phi) is 14.4. The summed E-state index contributed by atoms with van der Waals surface area (Å²) in [5.41, 5.74) is 9.45. The van der Waals surface area contributed by atoms with Gasteiger partial charge in [-0.1, -0.05) is 36.4 Å². The van der Waals surface area contributed by atoms with Gasteiger partial charge in [-0.3, -0.25) is 30.8 Å². The minimum atomic E-state index is -0.456. The van der Waals surface area contributed by atoms with Crippen molar-refractivity contribution in [2.24, 2.45) is 15.8 Å². The van der Waals surface area contributed by atoms with Gasteiger partial charge in [0.15, 0.2) is 29.3 Å². The van der Waals surface area contributed by atoms with Gasteiger partial charge in [-0.25, -0.2) is 0 Å². The second kappa shape index (κ2) is 20.1. The molecule has 7 rings (SSSR count). The van der Waals surface area contributed by atoms with E-state index in [1.165, 1.54) is 12.7 Å². The molecule has 2 atom stereocenters. The molecule has 14 heteroatoms. The highest BCUT2D eigenvalue weighted by Gasteiger charge is 2.34. The average Bonchev–Trinajstić information content (AvgIpc) is 3.89. The molecule has 1 amide bonds. The first-order valence-corrected chi connectivity index (χ1v) is 21.8. The van der Waals surface area contributed by atoms with Crippen molar-refractivity contribution < 1.29 is 38.0 Å². The largest absolute Gasteiger partial charge is 0.497 e. The summed E-state index contributed by atoms with van der Waals surface area (Å²) in [5.74, 6) is 8.04. The molecule has 0 radical (unpaired) electrons. The molecule has 0 bridgehead atoms. The lowest BCUT2D eigenvalue weighted by atomic mass is 9.94. The van der Waals surface area contributed by atoms with Crippen LogP contribution in [-0.2, 0) is 10.3 Å². The van der Waals surface area contributed by atoms with Gasteiger partial charge >= 0.3 is 0 Å². The first-order chi connectivity index (χ1) is 31.3. The lowest BCUT2D eigenvalue weighted by molar-refractivity contribution is -0.0295. The van der Waals surface area contributed by atoms with Gasteiger partial charge < -0.3 is 38.2 Å². The average molecular weight is 885 g/mol. The van der Waals surface area contributed by atoms with Crippen LogP contribution < -0.4 is 35.0 Å². The zero-order valence-corrected chi connectivity index (χ0v) is 38.6. The van der Waals surface area contributed by atoms with Crippen molar-refractivity contribution in [1.82, 2.24) is 15.2 Å².